The molecule has 51 valence electrons. The summed E-state index contributed by atoms with van der Waals surface area (Å²) in [6.07, 6.45) is 0. The van der Waals surface area contributed by atoms with E-state index in [0.29, 0.717) is 13.2 Å². The lowest BCUT2D eigenvalue weighted by molar-refractivity contribution is 0.171. The van der Waals surface area contributed by atoms with E-state index < -0.39 is 0 Å². The molecule has 1 aliphatic heterocycles. The molecule has 1 heterocycles. The van der Waals surface area contributed by atoms with E-state index in [0.717, 1.165) is 11.5 Å². The third-order valence-electron chi connectivity index (χ3n) is 1.37. The van der Waals surface area contributed by atoms with Crippen molar-refractivity contribution in [2.45, 2.75) is 0 Å². The summed E-state index contributed by atoms with van der Waals surface area (Å²) in [5.74, 6) is 1.53. The molecule has 1 aromatic carbocycles. The second-order valence-electron chi connectivity index (χ2n) is 2.06. The first-order valence-corrected chi connectivity index (χ1v) is 3.23. The molecule has 0 aliphatic carbocycles. The van der Waals surface area contributed by atoms with Gasteiger partial charge >= 0.3 is 0 Å². The number of hydrogen-bond acceptors (Lipinski definition) is 2. The first-order chi connectivity index (χ1) is 4.97. The maximum atomic E-state index is 5.27. The van der Waals surface area contributed by atoms with Crippen molar-refractivity contribution < 1.29 is 9.47 Å². The number of benzene rings is 1. The van der Waals surface area contributed by atoms with Crippen LogP contribution in [-0.4, -0.2) is 13.2 Å². The Bertz CT molecular complexity index is 207. The first-order valence-electron chi connectivity index (χ1n) is 3.23. The van der Waals surface area contributed by atoms with E-state index in [2.05, 4.69) is 6.07 Å². The van der Waals surface area contributed by atoms with Gasteiger partial charge in [-0.05, 0) is 6.07 Å². The van der Waals surface area contributed by atoms with Gasteiger partial charge in [0.25, 0.3) is 0 Å². The molecule has 0 aromatic heterocycles. The van der Waals surface area contributed by atoms with E-state index in [1.165, 1.54) is 0 Å². The molecule has 2 heteroatoms. The molecule has 0 fully saturated rings. The molecule has 0 saturated heterocycles. The lowest BCUT2D eigenvalue weighted by Gasteiger charge is -2.16. The molecule has 0 spiro atoms. The van der Waals surface area contributed by atoms with Gasteiger partial charge in [0.1, 0.15) is 13.2 Å². The molecule has 0 unspecified atom stereocenters. The predicted molar refractivity (Wildman–Crippen MR) is 36.3 cm³/mol. The van der Waals surface area contributed by atoms with Crippen molar-refractivity contribution in [3.05, 3.63) is 24.3 Å². The summed E-state index contributed by atoms with van der Waals surface area (Å²) in [4.78, 5) is 0. The summed E-state index contributed by atoms with van der Waals surface area (Å²) in [6.45, 7) is 1.28. The molecule has 2 rings (SSSR count). The minimum absolute atomic E-state index is 0.632. The normalized spacial score (nSPS) is 14.8. The largest absolute Gasteiger partial charge is 0.486 e. The molecule has 0 saturated carbocycles. The highest BCUT2D eigenvalue weighted by Crippen LogP contribution is 2.27. The number of para-hydroxylation sites is 1. The van der Waals surface area contributed by atoms with Gasteiger partial charge in [-0.3, -0.25) is 0 Å². The maximum Gasteiger partial charge on any atom is 0.169 e. The maximum absolute atomic E-state index is 5.27. The highest BCUT2D eigenvalue weighted by atomic mass is 16.6. The van der Waals surface area contributed by atoms with Crippen molar-refractivity contribution in [2.75, 3.05) is 13.2 Å². The van der Waals surface area contributed by atoms with Crippen LogP contribution in [0.3, 0.4) is 0 Å². The van der Waals surface area contributed by atoms with Gasteiger partial charge < -0.3 is 9.47 Å². The van der Waals surface area contributed by atoms with Crippen molar-refractivity contribution >= 4 is 0 Å². The monoisotopic (exact) mass is 135 g/mol. The number of hydrogen-bond donors (Lipinski definition) is 0. The third kappa shape index (κ3) is 0.817. The number of rotatable bonds is 0. The average Bonchev–Trinajstić information content (AvgIpc) is 2.05. The van der Waals surface area contributed by atoms with E-state index in [1.54, 1.807) is 0 Å². The average molecular weight is 135 g/mol. The van der Waals surface area contributed by atoms with Gasteiger partial charge in [-0.25, -0.2) is 0 Å². The lowest BCUT2D eigenvalue weighted by atomic mass is 10.3. The molecule has 10 heavy (non-hydrogen) atoms. The van der Waals surface area contributed by atoms with Crippen LogP contribution in [0, 0.1) is 6.07 Å². The third-order valence-corrected chi connectivity index (χ3v) is 1.37. The first kappa shape index (κ1) is 5.59. The molecule has 1 aliphatic rings. The fourth-order valence-corrected chi connectivity index (χ4v) is 0.928. The standard InChI is InChI=1S/C8H7O2/c1-2-4-8-7(3-1)9-5-6-10-8/h1-3H,5-6H2. The van der Waals surface area contributed by atoms with Crippen LogP contribution in [0.5, 0.6) is 11.5 Å². The van der Waals surface area contributed by atoms with Crippen LogP contribution in [-0.2, 0) is 0 Å². The number of fused-ring (bicyclic) bond motifs is 1. The Labute approximate surface area is 59.4 Å². The molecular formula is C8H7O2. The topological polar surface area (TPSA) is 18.5 Å². The van der Waals surface area contributed by atoms with Gasteiger partial charge in [0.05, 0.1) is 0 Å². The van der Waals surface area contributed by atoms with Gasteiger partial charge in [-0.2, -0.15) is 0 Å². The Kier molecular flexibility index (Phi) is 1.24. The van der Waals surface area contributed by atoms with Gasteiger partial charge in [0.2, 0.25) is 0 Å². The Morgan fingerprint density at radius 2 is 2.20 bits per heavy atom. The Morgan fingerprint density at radius 3 is 3.10 bits per heavy atom. The van der Waals surface area contributed by atoms with E-state index in [9.17, 15) is 0 Å². The molecule has 2 nitrogen and oxygen atoms in total. The summed E-state index contributed by atoms with van der Waals surface area (Å²) in [5.41, 5.74) is 0. The molecule has 1 radical (unpaired) electrons. The lowest BCUT2D eigenvalue weighted by Crippen LogP contribution is -2.14. The summed E-state index contributed by atoms with van der Waals surface area (Å²) >= 11 is 0. The van der Waals surface area contributed by atoms with Crippen LogP contribution in [0.1, 0.15) is 0 Å². The van der Waals surface area contributed by atoms with Gasteiger partial charge in [0, 0.05) is 6.07 Å². The van der Waals surface area contributed by atoms with Crippen molar-refractivity contribution in [1.82, 2.24) is 0 Å². The van der Waals surface area contributed by atoms with Crippen LogP contribution in [0.15, 0.2) is 18.2 Å². The quantitative estimate of drug-likeness (QED) is 0.533. The minimum atomic E-state index is 0.632. The van der Waals surface area contributed by atoms with E-state index in [1.807, 2.05) is 18.2 Å². The molecule has 1 aromatic rings. The highest BCUT2D eigenvalue weighted by molar-refractivity contribution is 5.39. The molecule has 0 bridgehead atoms. The predicted octanol–water partition coefficient (Wildman–Crippen LogP) is 1.26. The zero-order chi connectivity index (χ0) is 6.81. The second kappa shape index (κ2) is 2.21. The fraction of sp³-hybridized carbons (Fsp3) is 0.250. The fourth-order valence-electron chi connectivity index (χ4n) is 0.928. The van der Waals surface area contributed by atoms with Gasteiger partial charge in [-0.15, -0.1) is 0 Å². The van der Waals surface area contributed by atoms with Crippen molar-refractivity contribution in [3.63, 3.8) is 0 Å². The van der Waals surface area contributed by atoms with Crippen LogP contribution in [0.2, 0.25) is 0 Å². The van der Waals surface area contributed by atoms with Crippen LogP contribution >= 0.6 is 0 Å². The van der Waals surface area contributed by atoms with Crippen molar-refractivity contribution in [1.29, 1.82) is 0 Å². The molecular weight excluding hydrogens is 128 g/mol. The summed E-state index contributed by atoms with van der Waals surface area (Å²) in [5, 5.41) is 0. The smallest absolute Gasteiger partial charge is 0.169 e. The number of ether oxygens (including phenoxy) is 2. The summed E-state index contributed by atoms with van der Waals surface area (Å²) in [7, 11) is 0. The SMILES string of the molecule is [c]1cccc2c1OCCO2. The second-order valence-corrected chi connectivity index (χ2v) is 2.06. The zero-order valence-electron chi connectivity index (χ0n) is 5.46. The van der Waals surface area contributed by atoms with Crippen LogP contribution in [0.25, 0.3) is 0 Å². The van der Waals surface area contributed by atoms with Crippen LogP contribution in [0.4, 0.5) is 0 Å². The Hall–Kier alpha value is -1.18. The summed E-state index contributed by atoms with van der Waals surface area (Å²) in [6, 6.07) is 8.52. The van der Waals surface area contributed by atoms with Gasteiger partial charge in [0.15, 0.2) is 11.5 Å². The van der Waals surface area contributed by atoms with Gasteiger partial charge in [-0.1, -0.05) is 12.1 Å². The Morgan fingerprint density at radius 1 is 1.30 bits per heavy atom. The van der Waals surface area contributed by atoms with E-state index in [4.69, 9.17) is 9.47 Å². The highest BCUT2D eigenvalue weighted by Gasteiger charge is 2.08. The summed E-state index contributed by atoms with van der Waals surface area (Å²) < 4.78 is 10.5. The minimum Gasteiger partial charge on any atom is -0.486 e. The van der Waals surface area contributed by atoms with Crippen LogP contribution < -0.4 is 9.47 Å². The van der Waals surface area contributed by atoms with E-state index in [-0.39, 0.29) is 0 Å². The molecule has 0 N–H and O–H groups in total. The molecule has 0 atom stereocenters. The van der Waals surface area contributed by atoms with E-state index >= 15 is 0 Å². The zero-order valence-corrected chi connectivity index (χ0v) is 5.46. The molecule has 0 amide bonds. The Balaban J connectivity index is 2.41. The van der Waals surface area contributed by atoms with Crippen molar-refractivity contribution in [2.24, 2.45) is 0 Å². The van der Waals surface area contributed by atoms with Crippen molar-refractivity contribution in [3.8, 4) is 11.5 Å².